The number of pyridine rings is 1. The number of hydrogen-bond acceptors (Lipinski definition) is 2. The molecule has 0 saturated heterocycles. The van der Waals surface area contributed by atoms with Crippen LogP contribution in [0.25, 0.3) is 0 Å². The van der Waals surface area contributed by atoms with Gasteiger partial charge in [-0.15, -0.1) is 0 Å². The highest BCUT2D eigenvalue weighted by atomic mass is 79.9. The first-order chi connectivity index (χ1) is 8.59. The van der Waals surface area contributed by atoms with Crippen molar-refractivity contribution in [1.82, 2.24) is 4.98 Å². The van der Waals surface area contributed by atoms with Gasteiger partial charge in [-0.3, -0.25) is 4.79 Å². The van der Waals surface area contributed by atoms with Crippen molar-refractivity contribution < 1.29 is 4.79 Å². The van der Waals surface area contributed by atoms with Crippen LogP contribution in [0.5, 0.6) is 0 Å². The van der Waals surface area contributed by atoms with E-state index in [1.807, 2.05) is 13.0 Å². The summed E-state index contributed by atoms with van der Waals surface area (Å²) < 4.78 is 0.585. The number of nitrogens with one attached hydrogen (secondary N) is 1. The second-order valence-electron chi connectivity index (χ2n) is 3.73. The van der Waals surface area contributed by atoms with Crippen LogP contribution in [0.15, 0.2) is 41.1 Å². The van der Waals surface area contributed by atoms with Crippen LogP contribution in [-0.4, -0.2) is 10.9 Å². The third-order valence-corrected chi connectivity index (χ3v) is 3.58. The minimum atomic E-state index is -0.252. The first-order valence-corrected chi connectivity index (χ1v) is 6.43. The van der Waals surface area contributed by atoms with Gasteiger partial charge in [-0.2, -0.15) is 0 Å². The average Bonchev–Trinajstić information content (AvgIpc) is 2.35. The molecule has 1 heterocycles. The van der Waals surface area contributed by atoms with E-state index >= 15 is 0 Å². The molecule has 0 spiro atoms. The van der Waals surface area contributed by atoms with Gasteiger partial charge >= 0.3 is 0 Å². The summed E-state index contributed by atoms with van der Waals surface area (Å²) in [7, 11) is 0. The van der Waals surface area contributed by atoms with E-state index < -0.39 is 0 Å². The summed E-state index contributed by atoms with van der Waals surface area (Å²) in [5.74, 6) is -0.252. The first-order valence-electron chi connectivity index (χ1n) is 5.26. The minimum absolute atomic E-state index is 0.252. The summed E-state index contributed by atoms with van der Waals surface area (Å²) in [5.41, 5.74) is 1.93. The molecular formula is C13H10BrClN2O. The molecule has 1 aromatic heterocycles. The van der Waals surface area contributed by atoms with E-state index in [0.29, 0.717) is 20.9 Å². The molecule has 0 saturated carbocycles. The number of carbonyl (C=O) groups is 1. The molecule has 0 aliphatic rings. The zero-order chi connectivity index (χ0) is 13.1. The van der Waals surface area contributed by atoms with Crippen molar-refractivity contribution in [1.29, 1.82) is 0 Å². The molecule has 0 aliphatic heterocycles. The molecule has 3 nitrogen and oxygen atoms in total. The van der Waals surface area contributed by atoms with Crippen LogP contribution < -0.4 is 5.32 Å². The monoisotopic (exact) mass is 324 g/mol. The molecular weight excluding hydrogens is 316 g/mol. The maximum Gasteiger partial charge on any atom is 0.257 e. The van der Waals surface area contributed by atoms with Gasteiger partial charge in [0.15, 0.2) is 0 Å². The quantitative estimate of drug-likeness (QED) is 0.846. The molecule has 0 atom stereocenters. The van der Waals surface area contributed by atoms with Gasteiger partial charge < -0.3 is 5.32 Å². The third kappa shape index (κ3) is 2.71. The van der Waals surface area contributed by atoms with Crippen LogP contribution >= 0.6 is 27.5 Å². The summed E-state index contributed by atoms with van der Waals surface area (Å²) in [6.45, 7) is 1.86. The Labute approximate surface area is 118 Å². The fourth-order valence-corrected chi connectivity index (χ4v) is 2.05. The predicted octanol–water partition coefficient (Wildman–Crippen LogP) is 4.06. The van der Waals surface area contributed by atoms with E-state index in [2.05, 4.69) is 26.2 Å². The van der Waals surface area contributed by atoms with Crippen molar-refractivity contribution in [2.24, 2.45) is 0 Å². The molecule has 0 aliphatic carbocycles. The molecule has 0 radical (unpaired) electrons. The number of benzene rings is 1. The van der Waals surface area contributed by atoms with E-state index in [1.54, 1.807) is 30.5 Å². The Morgan fingerprint density at radius 1 is 1.33 bits per heavy atom. The number of nitrogens with zero attached hydrogens (tertiary/aromatic N) is 1. The van der Waals surface area contributed by atoms with Gasteiger partial charge in [0.05, 0.1) is 16.3 Å². The summed E-state index contributed by atoms with van der Waals surface area (Å²) in [6, 6.07) is 8.86. The average molecular weight is 326 g/mol. The SMILES string of the molecule is Cc1cccc(C(=O)Nc2cccnc2Br)c1Cl. The normalized spacial score (nSPS) is 10.2. The lowest BCUT2D eigenvalue weighted by atomic mass is 10.1. The number of halogens is 2. The van der Waals surface area contributed by atoms with Gasteiger partial charge in [0.25, 0.3) is 5.91 Å². The van der Waals surface area contributed by atoms with Crippen molar-refractivity contribution in [3.63, 3.8) is 0 Å². The first kappa shape index (κ1) is 13.1. The summed E-state index contributed by atoms with van der Waals surface area (Å²) in [4.78, 5) is 16.1. The molecule has 0 unspecified atom stereocenters. The van der Waals surface area contributed by atoms with Crippen molar-refractivity contribution >= 4 is 39.1 Å². The molecule has 0 fully saturated rings. The summed E-state index contributed by atoms with van der Waals surface area (Å²) in [5, 5.41) is 3.23. The standard InChI is InChI=1S/C13H10BrClN2O/c1-8-4-2-5-9(11(8)15)13(18)17-10-6-3-7-16-12(10)14/h2-7H,1H3,(H,17,18). The molecule has 1 aromatic carbocycles. The Hall–Kier alpha value is -1.39. The lowest BCUT2D eigenvalue weighted by molar-refractivity contribution is 0.102. The number of carbonyl (C=O) groups excluding carboxylic acids is 1. The van der Waals surface area contributed by atoms with Crippen LogP contribution in [-0.2, 0) is 0 Å². The van der Waals surface area contributed by atoms with Gasteiger partial charge in [-0.05, 0) is 46.6 Å². The van der Waals surface area contributed by atoms with E-state index in [1.165, 1.54) is 0 Å². The van der Waals surface area contributed by atoms with Gasteiger partial charge in [0.2, 0.25) is 0 Å². The highest BCUT2D eigenvalue weighted by Crippen LogP contribution is 2.23. The van der Waals surface area contributed by atoms with Crippen LogP contribution in [0, 0.1) is 6.92 Å². The highest BCUT2D eigenvalue weighted by molar-refractivity contribution is 9.10. The number of aromatic nitrogens is 1. The molecule has 18 heavy (non-hydrogen) atoms. The predicted molar refractivity (Wildman–Crippen MR) is 76.1 cm³/mol. The number of anilines is 1. The Kier molecular flexibility index (Phi) is 3.99. The molecule has 2 rings (SSSR count). The minimum Gasteiger partial charge on any atom is -0.320 e. The van der Waals surface area contributed by atoms with E-state index in [4.69, 9.17) is 11.6 Å². The van der Waals surface area contributed by atoms with Crippen LogP contribution in [0.4, 0.5) is 5.69 Å². The van der Waals surface area contributed by atoms with Crippen molar-refractivity contribution in [3.8, 4) is 0 Å². The Balaban J connectivity index is 2.28. The molecule has 0 bridgehead atoms. The van der Waals surface area contributed by atoms with Crippen LogP contribution in [0.3, 0.4) is 0 Å². The number of hydrogen-bond donors (Lipinski definition) is 1. The lowest BCUT2D eigenvalue weighted by Gasteiger charge is -2.08. The lowest BCUT2D eigenvalue weighted by Crippen LogP contribution is -2.13. The molecule has 5 heteroatoms. The molecule has 1 amide bonds. The van der Waals surface area contributed by atoms with Gasteiger partial charge in [0, 0.05) is 6.20 Å². The zero-order valence-corrected chi connectivity index (χ0v) is 11.9. The number of rotatable bonds is 2. The Bertz CT molecular complexity index is 601. The second-order valence-corrected chi connectivity index (χ2v) is 4.86. The summed E-state index contributed by atoms with van der Waals surface area (Å²) in [6.07, 6.45) is 1.64. The molecule has 92 valence electrons. The largest absolute Gasteiger partial charge is 0.320 e. The van der Waals surface area contributed by atoms with Crippen molar-refractivity contribution in [2.75, 3.05) is 5.32 Å². The zero-order valence-electron chi connectivity index (χ0n) is 9.58. The second kappa shape index (κ2) is 5.50. The number of amides is 1. The van der Waals surface area contributed by atoms with E-state index in [9.17, 15) is 4.79 Å². The fourth-order valence-electron chi connectivity index (χ4n) is 1.49. The van der Waals surface area contributed by atoms with Gasteiger partial charge in [-0.1, -0.05) is 23.7 Å². The van der Waals surface area contributed by atoms with E-state index in [0.717, 1.165) is 5.56 Å². The van der Waals surface area contributed by atoms with Crippen LogP contribution in [0.1, 0.15) is 15.9 Å². The van der Waals surface area contributed by atoms with Crippen LogP contribution in [0.2, 0.25) is 5.02 Å². The molecule has 2 aromatic rings. The Morgan fingerprint density at radius 3 is 2.83 bits per heavy atom. The third-order valence-electron chi connectivity index (χ3n) is 2.44. The number of aryl methyl sites for hydroxylation is 1. The maximum atomic E-state index is 12.1. The fraction of sp³-hybridized carbons (Fsp3) is 0.0769. The smallest absolute Gasteiger partial charge is 0.257 e. The van der Waals surface area contributed by atoms with Crippen molar-refractivity contribution in [2.45, 2.75) is 6.92 Å². The highest BCUT2D eigenvalue weighted by Gasteiger charge is 2.13. The summed E-state index contributed by atoms with van der Waals surface area (Å²) >= 11 is 9.38. The van der Waals surface area contributed by atoms with E-state index in [-0.39, 0.29) is 5.91 Å². The Morgan fingerprint density at radius 2 is 2.11 bits per heavy atom. The van der Waals surface area contributed by atoms with Gasteiger partial charge in [0.1, 0.15) is 4.60 Å². The van der Waals surface area contributed by atoms with Gasteiger partial charge in [-0.25, -0.2) is 4.98 Å². The maximum absolute atomic E-state index is 12.1. The topological polar surface area (TPSA) is 42.0 Å². The van der Waals surface area contributed by atoms with Crippen molar-refractivity contribution in [3.05, 3.63) is 57.3 Å². The molecule has 1 N–H and O–H groups in total.